The van der Waals surface area contributed by atoms with Crippen molar-refractivity contribution in [2.45, 2.75) is 0 Å². The molecule has 0 atom stereocenters. The van der Waals surface area contributed by atoms with E-state index in [2.05, 4.69) is 15.4 Å². The first-order chi connectivity index (χ1) is 13.0. The first-order valence-corrected chi connectivity index (χ1v) is 8.24. The highest BCUT2D eigenvalue weighted by molar-refractivity contribution is 6.06. The summed E-state index contributed by atoms with van der Waals surface area (Å²) in [5.74, 6) is 0.440. The molecular formula is C19H19N5O3. The zero-order chi connectivity index (χ0) is 19.2. The number of likely N-dealkylation sites (N-methyl/N-ethyl adjacent to an activating group) is 1. The number of nitrogens with one attached hydrogen (secondary N) is 1. The minimum absolute atomic E-state index is 0.141. The average molecular weight is 365 g/mol. The van der Waals surface area contributed by atoms with E-state index in [9.17, 15) is 9.59 Å². The van der Waals surface area contributed by atoms with E-state index in [1.165, 1.54) is 4.90 Å². The Morgan fingerprint density at radius 2 is 1.96 bits per heavy atom. The van der Waals surface area contributed by atoms with Gasteiger partial charge in [0.05, 0.1) is 17.4 Å². The molecular weight excluding hydrogens is 346 g/mol. The molecule has 3 rings (SSSR count). The predicted molar refractivity (Wildman–Crippen MR) is 99.9 cm³/mol. The van der Waals surface area contributed by atoms with E-state index < -0.39 is 0 Å². The largest absolute Gasteiger partial charge is 0.483 e. The van der Waals surface area contributed by atoms with Crippen LogP contribution in [0.25, 0.3) is 5.82 Å². The van der Waals surface area contributed by atoms with Crippen molar-refractivity contribution >= 4 is 17.5 Å². The number of hydrogen-bond donors (Lipinski definition) is 1. The number of nitrogens with zero attached hydrogens (tertiary/aromatic N) is 4. The van der Waals surface area contributed by atoms with Gasteiger partial charge in [-0.15, -0.1) is 0 Å². The van der Waals surface area contributed by atoms with Gasteiger partial charge in [-0.05, 0) is 30.3 Å². The number of amides is 2. The second-order valence-corrected chi connectivity index (χ2v) is 5.88. The lowest BCUT2D eigenvalue weighted by molar-refractivity contribution is -0.130. The quantitative estimate of drug-likeness (QED) is 0.722. The summed E-state index contributed by atoms with van der Waals surface area (Å²) in [6.45, 7) is -0.141. The van der Waals surface area contributed by atoms with Crippen LogP contribution in [0.2, 0.25) is 0 Å². The Labute approximate surface area is 156 Å². The van der Waals surface area contributed by atoms with Gasteiger partial charge in [0, 0.05) is 26.5 Å². The molecule has 0 bridgehead atoms. The van der Waals surface area contributed by atoms with Crippen LogP contribution in [0.3, 0.4) is 0 Å². The van der Waals surface area contributed by atoms with Crippen LogP contribution in [0.4, 0.5) is 5.69 Å². The van der Waals surface area contributed by atoms with E-state index in [-0.39, 0.29) is 18.4 Å². The smallest absolute Gasteiger partial charge is 0.259 e. The average Bonchev–Trinajstić information content (AvgIpc) is 3.21. The molecule has 0 aliphatic heterocycles. The van der Waals surface area contributed by atoms with Crippen molar-refractivity contribution in [1.82, 2.24) is 19.7 Å². The van der Waals surface area contributed by atoms with Crippen molar-refractivity contribution in [3.05, 3.63) is 66.6 Å². The SMILES string of the molecule is CN(C)C(=O)COc1ccccc1C(=O)Nc1ccc(-n2cccn2)nc1. The van der Waals surface area contributed by atoms with Gasteiger partial charge in [-0.3, -0.25) is 9.59 Å². The molecule has 0 spiro atoms. The predicted octanol–water partition coefficient (Wildman–Crippen LogP) is 1.99. The Morgan fingerprint density at radius 3 is 2.63 bits per heavy atom. The molecule has 1 aromatic carbocycles. The standard InChI is InChI=1S/C19H19N5O3/c1-23(2)18(25)13-27-16-7-4-3-6-15(16)19(26)22-14-8-9-17(20-12-14)24-11-5-10-21-24/h3-12H,13H2,1-2H3,(H,22,26). The molecule has 27 heavy (non-hydrogen) atoms. The number of anilines is 1. The lowest BCUT2D eigenvalue weighted by Crippen LogP contribution is -2.28. The fourth-order valence-electron chi connectivity index (χ4n) is 2.25. The molecule has 8 nitrogen and oxygen atoms in total. The molecule has 0 saturated heterocycles. The zero-order valence-electron chi connectivity index (χ0n) is 15.0. The number of hydrogen-bond acceptors (Lipinski definition) is 5. The first-order valence-electron chi connectivity index (χ1n) is 8.24. The third kappa shape index (κ3) is 4.49. The Morgan fingerprint density at radius 1 is 1.15 bits per heavy atom. The highest BCUT2D eigenvalue weighted by Crippen LogP contribution is 2.20. The van der Waals surface area contributed by atoms with Gasteiger partial charge in [0.25, 0.3) is 11.8 Å². The van der Waals surface area contributed by atoms with Crippen molar-refractivity contribution in [3.63, 3.8) is 0 Å². The molecule has 0 aliphatic carbocycles. The molecule has 0 radical (unpaired) electrons. The summed E-state index contributed by atoms with van der Waals surface area (Å²) in [5.41, 5.74) is 0.871. The Hall–Kier alpha value is -3.68. The number of pyridine rings is 1. The number of carbonyl (C=O) groups is 2. The third-order valence-corrected chi connectivity index (χ3v) is 3.73. The first kappa shape index (κ1) is 18.1. The fourth-order valence-corrected chi connectivity index (χ4v) is 2.25. The number of benzene rings is 1. The number of para-hydroxylation sites is 1. The van der Waals surface area contributed by atoms with Crippen molar-refractivity contribution < 1.29 is 14.3 Å². The highest BCUT2D eigenvalue weighted by Gasteiger charge is 2.14. The second-order valence-electron chi connectivity index (χ2n) is 5.88. The summed E-state index contributed by atoms with van der Waals surface area (Å²) in [7, 11) is 3.29. The molecule has 138 valence electrons. The van der Waals surface area contributed by atoms with Crippen LogP contribution in [0, 0.1) is 0 Å². The molecule has 0 saturated carbocycles. The summed E-state index contributed by atoms with van der Waals surface area (Å²) in [4.78, 5) is 30.0. The zero-order valence-corrected chi connectivity index (χ0v) is 15.0. The molecule has 1 N–H and O–H groups in total. The van der Waals surface area contributed by atoms with Crippen molar-refractivity contribution in [2.24, 2.45) is 0 Å². The lowest BCUT2D eigenvalue weighted by atomic mass is 10.2. The lowest BCUT2D eigenvalue weighted by Gasteiger charge is -2.14. The van der Waals surface area contributed by atoms with Crippen molar-refractivity contribution in [3.8, 4) is 11.6 Å². The minimum atomic E-state index is -0.350. The Balaban J connectivity index is 1.70. The molecule has 2 amide bonds. The van der Waals surface area contributed by atoms with Crippen LogP contribution in [0.15, 0.2) is 61.1 Å². The van der Waals surface area contributed by atoms with Gasteiger partial charge in [0.1, 0.15) is 5.75 Å². The normalized spacial score (nSPS) is 10.3. The molecule has 3 aromatic rings. The number of aromatic nitrogens is 3. The van der Waals surface area contributed by atoms with Crippen molar-refractivity contribution in [2.75, 3.05) is 26.0 Å². The van der Waals surface area contributed by atoms with Crippen LogP contribution in [0.1, 0.15) is 10.4 Å². The summed E-state index contributed by atoms with van der Waals surface area (Å²) in [6.07, 6.45) is 4.99. The summed E-state index contributed by atoms with van der Waals surface area (Å²) in [6, 6.07) is 12.0. The van der Waals surface area contributed by atoms with E-state index in [0.29, 0.717) is 22.8 Å². The molecule has 8 heteroatoms. The van der Waals surface area contributed by atoms with Gasteiger partial charge in [0.15, 0.2) is 12.4 Å². The molecule has 2 aromatic heterocycles. The van der Waals surface area contributed by atoms with Gasteiger partial charge in [-0.25, -0.2) is 9.67 Å². The summed E-state index contributed by atoms with van der Waals surface area (Å²) < 4.78 is 7.13. The van der Waals surface area contributed by atoms with Crippen LogP contribution >= 0.6 is 0 Å². The van der Waals surface area contributed by atoms with Gasteiger partial charge < -0.3 is 15.0 Å². The van der Waals surface area contributed by atoms with Crippen molar-refractivity contribution in [1.29, 1.82) is 0 Å². The van der Waals surface area contributed by atoms with E-state index in [1.54, 1.807) is 79.8 Å². The second kappa shape index (κ2) is 8.13. The highest BCUT2D eigenvalue weighted by atomic mass is 16.5. The van der Waals surface area contributed by atoms with Crippen LogP contribution in [-0.2, 0) is 4.79 Å². The Bertz CT molecular complexity index is 921. The maximum atomic E-state index is 12.6. The summed E-state index contributed by atoms with van der Waals surface area (Å²) in [5, 5.41) is 6.88. The Kier molecular flexibility index (Phi) is 5.46. The van der Waals surface area contributed by atoms with Crippen LogP contribution in [-0.4, -0.2) is 52.2 Å². The van der Waals surface area contributed by atoms with Gasteiger partial charge in [-0.2, -0.15) is 5.10 Å². The number of carbonyl (C=O) groups excluding carboxylic acids is 2. The minimum Gasteiger partial charge on any atom is -0.483 e. The molecule has 0 aliphatic rings. The fraction of sp³-hybridized carbons (Fsp3) is 0.158. The molecule has 0 unspecified atom stereocenters. The summed E-state index contributed by atoms with van der Waals surface area (Å²) >= 11 is 0. The monoisotopic (exact) mass is 365 g/mol. The van der Waals surface area contributed by atoms with E-state index in [0.717, 1.165) is 0 Å². The van der Waals surface area contributed by atoms with Crippen LogP contribution in [0.5, 0.6) is 5.75 Å². The third-order valence-electron chi connectivity index (χ3n) is 3.73. The van der Waals surface area contributed by atoms with E-state index >= 15 is 0 Å². The maximum Gasteiger partial charge on any atom is 0.259 e. The van der Waals surface area contributed by atoms with Gasteiger partial charge >= 0.3 is 0 Å². The number of rotatable bonds is 6. The van der Waals surface area contributed by atoms with E-state index in [1.807, 2.05) is 0 Å². The molecule has 0 fully saturated rings. The van der Waals surface area contributed by atoms with E-state index in [4.69, 9.17) is 4.74 Å². The van der Waals surface area contributed by atoms with Crippen LogP contribution < -0.4 is 10.1 Å². The molecule has 2 heterocycles. The van der Waals surface area contributed by atoms with Gasteiger partial charge in [-0.1, -0.05) is 12.1 Å². The maximum absolute atomic E-state index is 12.6. The number of ether oxygens (including phenoxy) is 1. The topological polar surface area (TPSA) is 89.4 Å². The van der Waals surface area contributed by atoms with Gasteiger partial charge in [0.2, 0.25) is 0 Å².